The fraction of sp³-hybridized carbons (Fsp3) is 0.857. The van der Waals surface area contributed by atoms with Crippen molar-refractivity contribution in [2.45, 2.75) is 56.8 Å². The van der Waals surface area contributed by atoms with E-state index in [9.17, 15) is 14.7 Å². The van der Waals surface area contributed by atoms with Crippen LogP contribution in [0.15, 0.2) is 0 Å². The molecule has 1 saturated heterocycles. The van der Waals surface area contributed by atoms with Crippen LogP contribution in [0.5, 0.6) is 0 Å². The Morgan fingerprint density at radius 2 is 2.00 bits per heavy atom. The first-order chi connectivity index (χ1) is 10.1. The van der Waals surface area contributed by atoms with Crippen LogP contribution in [0.3, 0.4) is 0 Å². The van der Waals surface area contributed by atoms with Gasteiger partial charge < -0.3 is 25.2 Å². The third-order valence-electron chi connectivity index (χ3n) is 4.12. The van der Waals surface area contributed by atoms with E-state index in [1.54, 1.807) is 4.90 Å². The molecule has 0 aromatic heterocycles. The Bertz CT molecular complexity index is 376. The zero-order valence-corrected chi connectivity index (χ0v) is 12.2. The number of aliphatic hydroxyl groups excluding tert-OH is 1. The van der Waals surface area contributed by atoms with Gasteiger partial charge in [-0.3, -0.25) is 4.79 Å². The third-order valence-corrected chi connectivity index (χ3v) is 4.12. The second-order valence-electron chi connectivity index (χ2n) is 5.80. The number of carboxylic acid groups (broad SMARTS) is 1. The minimum Gasteiger partial charge on any atom is -0.481 e. The number of rotatable bonds is 3. The van der Waals surface area contributed by atoms with Gasteiger partial charge in [-0.1, -0.05) is 19.3 Å². The lowest BCUT2D eigenvalue weighted by Gasteiger charge is -2.34. The van der Waals surface area contributed by atoms with Gasteiger partial charge in [0.25, 0.3) is 0 Å². The molecule has 1 aliphatic carbocycles. The number of hydrogen-bond acceptors (Lipinski definition) is 4. The maximum Gasteiger partial charge on any atom is 0.317 e. The Morgan fingerprint density at radius 1 is 1.24 bits per heavy atom. The third kappa shape index (κ3) is 4.86. The summed E-state index contributed by atoms with van der Waals surface area (Å²) in [6.45, 7) is 1.07. The van der Waals surface area contributed by atoms with E-state index < -0.39 is 18.2 Å². The molecule has 1 aliphatic heterocycles. The van der Waals surface area contributed by atoms with E-state index in [0.717, 1.165) is 32.1 Å². The Hall–Kier alpha value is -1.34. The van der Waals surface area contributed by atoms with Gasteiger partial charge in [0.15, 0.2) is 0 Å². The Morgan fingerprint density at radius 3 is 2.76 bits per heavy atom. The lowest BCUT2D eigenvalue weighted by molar-refractivity contribution is -0.141. The number of aliphatic hydroxyl groups is 1. The lowest BCUT2D eigenvalue weighted by atomic mass is 10.1. The van der Waals surface area contributed by atoms with Gasteiger partial charge in [0.1, 0.15) is 0 Å². The maximum absolute atomic E-state index is 12.3. The fourth-order valence-electron chi connectivity index (χ4n) is 2.93. The highest BCUT2D eigenvalue weighted by Crippen LogP contribution is 2.18. The molecule has 2 amide bonds. The summed E-state index contributed by atoms with van der Waals surface area (Å²) >= 11 is 0. The van der Waals surface area contributed by atoms with Crippen molar-refractivity contribution in [3.63, 3.8) is 0 Å². The summed E-state index contributed by atoms with van der Waals surface area (Å²) in [5.41, 5.74) is 0. The Balaban J connectivity index is 1.85. The molecular formula is C14H24N2O5. The van der Waals surface area contributed by atoms with Crippen LogP contribution in [-0.4, -0.2) is 65.1 Å². The summed E-state index contributed by atoms with van der Waals surface area (Å²) < 4.78 is 5.35. The van der Waals surface area contributed by atoms with Gasteiger partial charge in [-0.05, 0) is 12.8 Å². The van der Waals surface area contributed by atoms with Crippen LogP contribution < -0.4 is 5.32 Å². The molecule has 3 unspecified atom stereocenters. The molecule has 1 saturated carbocycles. The molecule has 1 heterocycles. The standard InChI is InChI=1S/C14H24N2O5/c17-12-5-3-1-2-4-11(12)15-14(20)16-6-7-21-10(9-16)8-13(18)19/h10-12,17H,1-9H2,(H,15,20)(H,18,19). The second kappa shape index (κ2) is 7.61. The first kappa shape index (κ1) is 16.0. The number of aliphatic carboxylic acids is 1. The van der Waals surface area contributed by atoms with Crippen LogP contribution >= 0.6 is 0 Å². The number of morpholine rings is 1. The number of urea groups is 1. The fourth-order valence-corrected chi connectivity index (χ4v) is 2.93. The van der Waals surface area contributed by atoms with Gasteiger partial charge in [0.2, 0.25) is 0 Å². The zero-order valence-electron chi connectivity index (χ0n) is 12.2. The van der Waals surface area contributed by atoms with Gasteiger partial charge in [-0.25, -0.2) is 4.79 Å². The molecule has 0 aromatic carbocycles. The smallest absolute Gasteiger partial charge is 0.317 e. The average Bonchev–Trinajstić information content (AvgIpc) is 2.64. The quantitative estimate of drug-likeness (QED) is 0.662. The number of carbonyl (C=O) groups excluding carboxylic acids is 1. The predicted octanol–water partition coefficient (Wildman–Crippen LogP) is 0.565. The summed E-state index contributed by atoms with van der Waals surface area (Å²) in [5.74, 6) is -0.929. The summed E-state index contributed by atoms with van der Waals surface area (Å²) in [4.78, 5) is 24.5. The van der Waals surface area contributed by atoms with Gasteiger partial charge in [-0.15, -0.1) is 0 Å². The topological polar surface area (TPSA) is 99.1 Å². The highest BCUT2D eigenvalue weighted by Gasteiger charge is 2.29. The average molecular weight is 300 g/mol. The summed E-state index contributed by atoms with van der Waals surface area (Å²) in [7, 11) is 0. The molecule has 7 nitrogen and oxygen atoms in total. The van der Waals surface area contributed by atoms with Crippen molar-refractivity contribution in [3.8, 4) is 0 Å². The van der Waals surface area contributed by atoms with Crippen molar-refractivity contribution in [2.75, 3.05) is 19.7 Å². The van der Waals surface area contributed by atoms with E-state index in [2.05, 4.69) is 5.32 Å². The molecular weight excluding hydrogens is 276 g/mol. The van der Waals surface area contributed by atoms with Crippen molar-refractivity contribution >= 4 is 12.0 Å². The van der Waals surface area contributed by atoms with E-state index in [4.69, 9.17) is 9.84 Å². The van der Waals surface area contributed by atoms with Gasteiger partial charge in [-0.2, -0.15) is 0 Å². The van der Waals surface area contributed by atoms with Crippen molar-refractivity contribution < 1.29 is 24.5 Å². The molecule has 21 heavy (non-hydrogen) atoms. The highest BCUT2D eigenvalue weighted by molar-refractivity contribution is 5.75. The molecule has 0 bridgehead atoms. The highest BCUT2D eigenvalue weighted by atomic mass is 16.5. The van der Waals surface area contributed by atoms with Crippen LogP contribution in [0.4, 0.5) is 4.79 Å². The SMILES string of the molecule is O=C(O)CC1CN(C(=O)NC2CCCCCC2O)CCO1. The maximum atomic E-state index is 12.3. The Kier molecular flexibility index (Phi) is 5.81. The summed E-state index contributed by atoms with van der Waals surface area (Å²) in [6.07, 6.45) is 3.54. The van der Waals surface area contributed by atoms with Crippen LogP contribution in [0.2, 0.25) is 0 Å². The molecule has 0 aromatic rings. The first-order valence-corrected chi connectivity index (χ1v) is 7.63. The van der Waals surface area contributed by atoms with Crippen LogP contribution in [0, 0.1) is 0 Å². The van der Waals surface area contributed by atoms with E-state index >= 15 is 0 Å². The molecule has 7 heteroatoms. The zero-order chi connectivity index (χ0) is 15.2. The van der Waals surface area contributed by atoms with Crippen LogP contribution in [0.25, 0.3) is 0 Å². The first-order valence-electron chi connectivity index (χ1n) is 7.63. The van der Waals surface area contributed by atoms with Crippen molar-refractivity contribution in [1.82, 2.24) is 10.2 Å². The summed E-state index contributed by atoms with van der Waals surface area (Å²) in [5, 5.41) is 21.7. The molecule has 0 radical (unpaired) electrons. The number of nitrogens with one attached hydrogen (secondary N) is 1. The molecule has 2 fully saturated rings. The molecule has 2 aliphatic rings. The monoisotopic (exact) mass is 300 g/mol. The van der Waals surface area contributed by atoms with E-state index in [-0.39, 0.29) is 25.0 Å². The lowest BCUT2D eigenvalue weighted by Crippen LogP contribution is -2.54. The minimum absolute atomic E-state index is 0.101. The molecule has 120 valence electrons. The Labute approximate surface area is 124 Å². The number of amides is 2. The van der Waals surface area contributed by atoms with Gasteiger partial charge >= 0.3 is 12.0 Å². The van der Waals surface area contributed by atoms with E-state index in [1.165, 1.54) is 0 Å². The molecule has 2 rings (SSSR count). The van der Waals surface area contributed by atoms with Crippen LogP contribution in [-0.2, 0) is 9.53 Å². The number of nitrogens with zero attached hydrogens (tertiary/aromatic N) is 1. The van der Waals surface area contributed by atoms with E-state index in [1.807, 2.05) is 0 Å². The predicted molar refractivity (Wildman–Crippen MR) is 75.0 cm³/mol. The van der Waals surface area contributed by atoms with Crippen molar-refractivity contribution in [1.29, 1.82) is 0 Å². The molecule has 3 atom stereocenters. The van der Waals surface area contributed by atoms with Crippen molar-refractivity contribution in [2.24, 2.45) is 0 Å². The van der Waals surface area contributed by atoms with Crippen LogP contribution in [0.1, 0.15) is 38.5 Å². The number of hydrogen-bond donors (Lipinski definition) is 3. The van der Waals surface area contributed by atoms with Crippen molar-refractivity contribution in [3.05, 3.63) is 0 Å². The largest absolute Gasteiger partial charge is 0.481 e. The van der Waals surface area contributed by atoms with Gasteiger partial charge in [0.05, 0.1) is 31.3 Å². The second-order valence-corrected chi connectivity index (χ2v) is 5.80. The van der Waals surface area contributed by atoms with E-state index in [0.29, 0.717) is 13.2 Å². The normalized spacial score (nSPS) is 30.5. The minimum atomic E-state index is -0.929. The molecule has 0 spiro atoms. The summed E-state index contributed by atoms with van der Waals surface area (Å²) in [6, 6.07) is -0.444. The van der Waals surface area contributed by atoms with Gasteiger partial charge in [0, 0.05) is 13.1 Å². The molecule has 3 N–H and O–H groups in total. The number of carboxylic acids is 1. The number of carbonyl (C=O) groups is 2. The number of ether oxygens (including phenoxy) is 1.